The second-order valence-corrected chi connectivity index (χ2v) is 12.2. The first kappa shape index (κ1) is 66.6. The van der Waals surface area contributed by atoms with E-state index in [1.165, 1.54) is 68.3 Å². The average molecular weight is 1200 g/mol. The van der Waals surface area contributed by atoms with Crippen molar-refractivity contribution in [3.63, 3.8) is 0 Å². The summed E-state index contributed by atoms with van der Waals surface area (Å²) in [7, 11) is 4.69. The molecule has 0 bridgehead atoms. The summed E-state index contributed by atoms with van der Waals surface area (Å²) < 4.78 is 67.5. The van der Waals surface area contributed by atoms with Gasteiger partial charge in [0.15, 0.2) is 0 Å². The molecule has 6 aromatic rings. The number of hydrogen-bond donors (Lipinski definition) is 0. The Morgan fingerprint density at radius 2 is 0.778 bits per heavy atom. The van der Waals surface area contributed by atoms with Crippen LogP contribution in [0.25, 0.3) is 44.8 Å². The van der Waals surface area contributed by atoms with Crippen LogP contribution in [0.15, 0.2) is 128 Å². The molecule has 2 heterocycles. The number of aromatic nitrogens is 2. The van der Waals surface area contributed by atoms with Gasteiger partial charge in [0.05, 0.1) is 5.69 Å². The first-order chi connectivity index (χ1) is 30.4. The predicted octanol–water partition coefficient (Wildman–Crippen LogP) is 10.3. The number of benzene rings is 4. The standard InChI is InChI=1S/C20H17N.C20H16N.9CO.ClH.2Re/c2*1-20(2)17-8-4-3-7-15(17)16-11-10-14(13-18(16)20)19-9-5-6-12-21-19;9*1-2;;;/h3-13H,1-2H3;3-9,11-13H,1-2H3;;;;;;;;;;1H;;/q;-1;;;;;;;;;;;;+1/p-1. The summed E-state index contributed by atoms with van der Waals surface area (Å²) in [5, 5.41) is 0. The molecule has 14 heteroatoms. The van der Waals surface area contributed by atoms with Crippen LogP contribution in [0.2, 0.25) is 0 Å². The summed E-state index contributed by atoms with van der Waals surface area (Å²) in [4.78, 5) is 8.91. The fourth-order valence-electron chi connectivity index (χ4n) is 6.71. The van der Waals surface area contributed by atoms with Crippen LogP contribution in [0.3, 0.4) is 0 Å². The van der Waals surface area contributed by atoms with Crippen LogP contribution in [0, 0.1) is 65.9 Å². The van der Waals surface area contributed by atoms with E-state index in [9.17, 15) is 0 Å². The van der Waals surface area contributed by atoms with Gasteiger partial charge in [0.1, 0.15) is 0 Å². The van der Waals surface area contributed by atoms with Crippen LogP contribution in [-0.2, 0) is 91.3 Å². The Morgan fingerprint density at radius 3 is 1.19 bits per heavy atom. The molecule has 4 aromatic carbocycles. The Balaban J connectivity index is -0.000000253. The summed E-state index contributed by atoms with van der Waals surface area (Å²) in [6.45, 7) is 49.7. The van der Waals surface area contributed by atoms with Crippen molar-refractivity contribution in [3.8, 4) is 44.8 Å². The maximum absolute atomic E-state index is 7.50. The first-order valence-electron chi connectivity index (χ1n) is 16.6. The molecule has 0 unspecified atom stereocenters. The minimum absolute atomic E-state index is 0. The molecular formula is C49H33ClN2O9Re2-. The number of rotatable bonds is 2. The van der Waals surface area contributed by atoms with Crippen molar-refractivity contribution in [1.82, 2.24) is 9.97 Å². The SMILES string of the molecule is CC1(C)c2ccccc2-c2c[c-]c(-c3ccccn3)cc21.CC1(C)c2ccccc2-c2ccc(-c3ccccn3)cc21.[C-]#[O+].[C-]#[O+].[C-]#[O+].[C-]#[O+].[C-]#[O+].[C-]#[O+].[C-]#[O+].[C-]#[O+].[C-]#[O+].[Cl][Re].[Re]. The van der Waals surface area contributed by atoms with Crippen molar-refractivity contribution in [2.24, 2.45) is 0 Å². The van der Waals surface area contributed by atoms with Gasteiger partial charge in [0.2, 0.25) is 0 Å². The molecule has 315 valence electrons. The topological polar surface area (TPSA) is 205 Å². The zero-order valence-corrected chi connectivity index (χ0v) is 40.0. The summed E-state index contributed by atoms with van der Waals surface area (Å²) in [6, 6.07) is 43.9. The molecule has 63 heavy (non-hydrogen) atoms. The molecule has 11 nitrogen and oxygen atoms in total. The molecule has 0 saturated carbocycles. The molecule has 0 fully saturated rings. The minimum Gasteiger partial charge on any atom is 0 e. The molecule has 0 saturated heterocycles. The molecule has 0 spiro atoms. The maximum atomic E-state index is 7.50. The third kappa shape index (κ3) is 17.3. The van der Waals surface area contributed by atoms with Gasteiger partial charge in [0.25, 0.3) is 0 Å². The maximum Gasteiger partial charge on any atom is 0 e. The van der Waals surface area contributed by atoms with Crippen LogP contribution in [0.1, 0.15) is 49.9 Å². The van der Waals surface area contributed by atoms with E-state index >= 15 is 0 Å². The molecule has 0 aliphatic heterocycles. The van der Waals surface area contributed by atoms with Gasteiger partial charge < -0.3 is 4.98 Å². The van der Waals surface area contributed by atoms with Crippen molar-refractivity contribution in [2.45, 2.75) is 38.5 Å². The zero-order chi connectivity index (χ0) is 48.9. The summed E-state index contributed by atoms with van der Waals surface area (Å²) in [5.74, 6) is 0. The molecule has 2 aliphatic carbocycles. The summed E-state index contributed by atoms with van der Waals surface area (Å²) in [5.41, 5.74) is 15.3. The van der Waals surface area contributed by atoms with Crippen LogP contribution >= 0.6 is 9.53 Å². The second-order valence-electron chi connectivity index (χ2n) is 12.2. The van der Waals surface area contributed by atoms with Crippen molar-refractivity contribution in [1.29, 1.82) is 0 Å². The van der Waals surface area contributed by atoms with E-state index < -0.39 is 0 Å². The monoisotopic (exact) mass is 1200 g/mol. The zero-order valence-electron chi connectivity index (χ0n) is 33.8. The van der Waals surface area contributed by atoms with Crippen molar-refractivity contribution < 1.29 is 80.5 Å². The van der Waals surface area contributed by atoms with Gasteiger partial charge in [-0.3, -0.25) is 4.98 Å². The first-order valence-corrected chi connectivity index (χ1v) is 19.9. The average Bonchev–Trinajstić information content (AvgIpc) is 3.77. The molecule has 0 amide bonds. The molecule has 2 aliphatic rings. The van der Waals surface area contributed by atoms with Gasteiger partial charge in [-0.15, -0.1) is 29.3 Å². The fourth-order valence-corrected chi connectivity index (χ4v) is 6.71. The molecule has 1 radical (unpaired) electrons. The fraction of sp³-hybridized carbons (Fsp3) is 0.122. The van der Waals surface area contributed by atoms with Gasteiger partial charge in [0, 0.05) is 43.8 Å². The largest absolute Gasteiger partial charge is 0 e. The van der Waals surface area contributed by atoms with Crippen LogP contribution < -0.4 is 0 Å². The smallest absolute Gasteiger partial charge is 0 e. The number of fused-ring (bicyclic) bond motifs is 6. The van der Waals surface area contributed by atoms with Crippen molar-refractivity contribution in [2.75, 3.05) is 0 Å². The van der Waals surface area contributed by atoms with E-state index in [0.717, 1.165) is 17.0 Å². The molecule has 8 rings (SSSR count). The number of nitrogens with zero attached hydrogens (tertiary/aromatic N) is 2. The number of hydrogen-bond acceptors (Lipinski definition) is 2. The van der Waals surface area contributed by atoms with Crippen molar-refractivity contribution >= 4 is 9.53 Å². The number of halogens is 1. The van der Waals surface area contributed by atoms with Gasteiger partial charge >= 0.3 is 129 Å². The van der Waals surface area contributed by atoms with Crippen LogP contribution in [0.5, 0.6) is 0 Å². The van der Waals surface area contributed by atoms with Crippen LogP contribution in [0.4, 0.5) is 0 Å². The van der Waals surface area contributed by atoms with Gasteiger partial charge in [-0.2, -0.15) is 0 Å². The van der Waals surface area contributed by atoms with Crippen molar-refractivity contribution in [3.05, 3.63) is 216 Å². The van der Waals surface area contributed by atoms with E-state index in [1.54, 1.807) is 0 Å². The number of pyridine rings is 2. The Bertz CT molecular complexity index is 2180. The minimum atomic E-state index is 0. The quantitative estimate of drug-likeness (QED) is 0.123. The molecule has 2 aromatic heterocycles. The third-order valence-electron chi connectivity index (χ3n) is 9.00. The van der Waals surface area contributed by atoms with E-state index in [4.69, 9.17) is 51.4 Å². The normalized spacial score (nSPS) is 10.1. The third-order valence-corrected chi connectivity index (χ3v) is 9.00. The molecular weight excluding hydrogens is 1170 g/mol. The Hall–Kier alpha value is -5.55. The van der Waals surface area contributed by atoms with E-state index in [0.29, 0.717) is 0 Å². The molecule has 0 atom stereocenters. The van der Waals surface area contributed by atoms with Gasteiger partial charge in [-0.05, 0) is 63.2 Å². The predicted molar refractivity (Wildman–Crippen MR) is 215 cm³/mol. The van der Waals surface area contributed by atoms with E-state index in [2.05, 4.69) is 189 Å². The Labute approximate surface area is 396 Å². The Kier molecular flexibility index (Phi) is 41.5. The van der Waals surface area contributed by atoms with Gasteiger partial charge in [-0.25, -0.2) is 0 Å². The van der Waals surface area contributed by atoms with E-state index in [-0.39, 0.29) is 31.3 Å². The molecule has 0 N–H and O–H groups in total. The van der Waals surface area contributed by atoms with Crippen LogP contribution in [-0.4, -0.2) is 9.97 Å². The Morgan fingerprint density at radius 1 is 0.429 bits per heavy atom. The van der Waals surface area contributed by atoms with E-state index in [1.807, 2.05) is 42.7 Å². The second kappa shape index (κ2) is 39.3. The van der Waals surface area contributed by atoms with Gasteiger partial charge in [-0.1, -0.05) is 118 Å². The summed E-state index contributed by atoms with van der Waals surface area (Å²) in [6.07, 6.45) is 3.68. The summed E-state index contributed by atoms with van der Waals surface area (Å²) >= 11 is 1.19.